The van der Waals surface area contributed by atoms with Crippen molar-refractivity contribution in [2.24, 2.45) is 0 Å². The van der Waals surface area contributed by atoms with Crippen LogP contribution in [0.3, 0.4) is 0 Å². The van der Waals surface area contributed by atoms with Crippen molar-refractivity contribution in [1.29, 1.82) is 0 Å². The topological polar surface area (TPSA) is 41.6 Å². The Hall–Kier alpha value is -0.610. The average molecular weight is 214 g/mol. The maximum absolute atomic E-state index is 11.1. The molecule has 1 saturated heterocycles. The van der Waals surface area contributed by atoms with Gasteiger partial charge in [-0.1, -0.05) is 6.92 Å². The van der Waals surface area contributed by atoms with Crippen LogP contribution in [0, 0.1) is 0 Å². The fourth-order valence-electron chi connectivity index (χ4n) is 1.67. The Labute approximate surface area is 92.0 Å². The molecule has 0 aliphatic carbocycles. The molecule has 1 rings (SSSR count). The molecule has 1 aliphatic rings. The minimum absolute atomic E-state index is 0.180. The Kier molecular flexibility index (Phi) is 6.36. The van der Waals surface area contributed by atoms with Gasteiger partial charge in [0.2, 0.25) is 5.91 Å². The molecule has 88 valence electrons. The lowest BCUT2D eigenvalue weighted by Gasteiger charge is -2.26. The fraction of sp³-hybridized carbons (Fsp3) is 0.909. The molecule has 1 fully saturated rings. The summed E-state index contributed by atoms with van der Waals surface area (Å²) in [5, 5.41) is 2.93. The molecule has 0 aromatic carbocycles. The largest absolute Gasteiger partial charge is 0.379 e. The van der Waals surface area contributed by atoms with Gasteiger partial charge in [-0.2, -0.15) is 0 Å². The number of ether oxygens (including phenoxy) is 1. The zero-order valence-corrected chi connectivity index (χ0v) is 9.63. The number of nitrogens with zero attached hydrogens (tertiary/aromatic N) is 1. The molecule has 0 unspecified atom stereocenters. The summed E-state index contributed by atoms with van der Waals surface area (Å²) in [4.78, 5) is 13.5. The third kappa shape index (κ3) is 5.74. The van der Waals surface area contributed by atoms with Crippen LogP contribution in [0.5, 0.6) is 0 Å². The highest BCUT2D eigenvalue weighted by molar-refractivity contribution is 5.75. The molecule has 0 aromatic heterocycles. The predicted octanol–water partition coefficient (Wildman–Crippen LogP) is 0.625. The number of rotatable bonds is 6. The third-order valence-electron chi connectivity index (χ3n) is 2.55. The summed E-state index contributed by atoms with van der Waals surface area (Å²) in [7, 11) is 0. The van der Waals surface area contributed by atoms with Crippen molar-refractivity contribution in [2.45, 2.75) is 26.2 Å². The lowest BCUT2D eigenvalue weighted by molar-refractivity contribution is -0.121. The highest BCUT2D eigenvalue weighted by Gasteiger charge is 2.09. The number of hydrogen-bond donors (Lipinski definition) is 1. The number of carbonyl (C=O) groups excluding carboxylic acids is 1. The first kappa shape index (κ1) is 12.5. The lowest BCUT2D eigenvalue weighted by atomic mass is 10.3. The van der Waals surface area contributed by atoms with Gasteiger partial charge in [-0.3, -0.25) is 9.69 Å². The van der Waals surface area contributed by atoms with E-state index < -0.39 is 0 Å². The van der Waals surface area contributed by atoms with Gasteiger partial charge in [-0.15, -0.1) is 0 Å². The molecule has 0 bridgehead atoms. The molecular formula is C11H22N2O2. The number of amides is 1. The van der Waals surface area contributed by atoms with Gasteiger partial charge in [0, 0.05) is 26.1 Å². The SMILES string of the molecule is CCCC(=O)NCCCN1CCOCC1. The van der Waals surface area contributed by atoms with E-state index in [4.69, 9.17) is 4.74 Å². The highest BCUT2D eigenvalue weighted by atomic mass is 16.5. The van der Waals surface area contributed by atoms with E-state index in [1.54, 1.807) is 0 Å². The molecule has 0 spiro atoms. The Bertz CT molecular complexity index is 179. The quantitative estimate of drug-likeness (QED) is 0.659. The summed E-state index contributed by atoms with van der Waals surface area (Å²) in [5.74, 6) is 0.180. The second kappa shape index (κ2) is 7.65. The maximum Gasteiger partial charge on any atom is 0.219 e. The van der Waals surface area contributed by atoms with Crippen LogP contribution in [0.15, 0.2) is 0 Å². The van der Waals surface area contributed by atoms with Crippen LogP contribution in [0.2, 0.25) is 0 Å². The molecule has 0 saturated carbocycles. The minimum Gasteiger partial charge on any atom is -0.379 e. The Morgan fingerprint density at radius 1 is 1.40 bits per heavy atom. The molecular weight excluding hydrogens is 192 g/mol. The summed E-state index contributed by atoms with van der Waals surface area (Å²) in [5.41, 5.74) is 0. The molecule has 4 heteroatoms. The monoisotopic (exact) mass is 214 g/mol. The normalized spacial score (nSPS) is 17.7. The van der Waals surface area contributed by atoms with Crippen LogP contribution in [-0.2, 0) is 9.53 Å². The number of hydrogen-bond acceptors (Lipinski definition) is 3. The summed E-state index contributed by atoms with van der Waals surface area (Å²) in [6, 6.07) is 0. The first-order valence-electron chi connectivity index (χ1n) is 5.89. The second-order valence-corrected chi connectivity index (χ2v) is 3.91. The molecule has 1 N–H and O–H groups in total. The standard InChI is InChI=1S/C11H22N2O2/c1-2-4-11(14)12-5-3-6-13-7-9-15-10-8-13/h2-10H2,1H3,(H,12,14). The van der Waals surface area contributed by atoms with Crippen molar-refractivity contribution in [3.63, 3.8) is 0 Å². The van der Waals surface area contributed by atoms with Crippen LogP contribution in [0.1, 0.15) is 26.2 Å². The van der Waals surface area contributed by atoms with Crippen molar-refractivity contribution < 1.29 is 9.53 Å². The van der Waals surface area contributed by atoms with Crippen LogP contribution in [0.4, 0.5) is 0 Å². The van der Waals surface area contributed by atoms with E-state index in [0.717, 1.165) is 52.2 Å². The van der Waals surface area contributed by atoms with Gasteiger partial charge >= 0.3 is 0 Å². The van der Waals surface area contributed by atoms with Crippen LogP contribution < -0.4 is 5.32 Å². The van der Waals surface area contributed by atoms with Gasteiger partial charge in [-0.25, -0.2) is 0 Å². The average Bonchev–Trinajstić information content (AvgIpc) is 2.26. The van der Waals surface area contributed by atoms with Gasteiger partial charge in [0.1, 0.15) is 0 Å². The van der Waals surface area contributed by atoms with Crippen LogP contribution in [0.25, 0.3) is 0 Å². The Morgan fingerprint density at radius 2 is 2.13 bits per heavy atom. The molecule has 1 heterocycles. The number of morpholine rings is 1. The van der Waals surface area contributed by atoms with E-state index in [1.165, 1.54) is 0 Å². The molecule has 4 nitrogen and oxygen atoms in total. The van der Waals surface area contributed by atoms with E-state index >= 15 is 0 Å². The lowest BCUT2D eigenvalue weighted by Crippen LogP contribution is -2.38. The summed E-state index contributed by atoms with van der Waals surface area (Å²) in [6.07, 6.45) is 2.61. The first-order chi connectivity index (χ1) is 7.33. The Balaban J connectivity index is 1.93. The van der Waals surface area contributed by atoms with Crippen molar-refractivity contribution in [3.8, 4) is 0 Å². The van der Waals surface area contributed by atoms with Crippen LogP contribution in [-0.4, -0.2) is 50.2 Å². The number of carbonyl (C=O) groups is 1. The third-order valence-corrected chi connectivity index (χ3v) is 2.55. The van der Waals surface area contributed by atoms with E-state index in [9.17, 15) is 4.79 Å². The summed E-state index contributed by atoms with van der Waals surface area (Å²) < 4.78 is 5.26. The first-order valence-corrected chi connectivity index (χ1v) is 5.89. The van der Waals surface area contributed by atoms with Gasteiger partial charge in [0.25, 0.3) is 0 Å². The molecule has 15 heavy (non-hydrogen) atoms. The molecule has 1 aliphatic heterocycles. The predicted molar refractivity (Wildman–Crippen MR) is 59.8 cm³/mol. The van der Waals surface area contributed by atoms with Crippen molar-refractivity contribution in [3.05, 3.63) is 0 Å². The summed E-state index contributed by atoms with van der Waals surface area (Å²) in [6.45, 7) is 7.65. The molecule has 0 radical (unpaired) electrons. The fourth-order valence-corrected chi connectivity index (χ4v) is 1.67. The van der Waals surface area contributed by atoms with E-state index in [0.29, 0.717) is 6.42 Å². The zero-order valence-electron chi connectivity index (χ0n) is 9.63. The molecule has 0 aromatic rings. The van der Waals surface area contributed by atoms with Crippen molar-refractivity contribution >= 4 is 5.91 Å². The van der Waals surface area contributed by atoms with Gasteiger partial charge in [-0.05, 0) is 19.4 Å². The van der Waals surface area contributed by atoms with Gasteiger partial charge < -0.3 is 10.1 Å². The Morgan fingerprint density at radius 3 is 2.80 bits per heavy atom. The van der Waals surface area contributed by atoms with Crippen molar-refractivity contribution in [1.82, 2.24) is 10.2 Å². The van der Waals surface area contributed by atoms with Gasteiger partial charge in [0.15, 0.2) is 0 Å². The summed E-state index contributed by atoms with van der Waals surface area (Å²) >= 11 is 0. The molecule has 1 amide bonds. The van der Waals surface area contributed by atoms with E-state index in [1.807, 2.05) is 6.92 Å². The smallest absolute Gasteiger partial charge is 0.219 e. The zero-order chi connectivity index (χ0) is 10.9. The van der Waals surface area contributed by atoms with Gasteiger partial charge in [0.05, 0.1) is 13.2 Å². The second-order valence-electron chi connectivity index (χ2n) is 3.91. The highest BCUT2D eigenvalue weighted by Crippen LogP contribution is 1.97. The minimum atomic E-state index is 0.180. The van der Waals surface area contributed by atoms with E-state index in [2.05, 4.69) is 10.2 Å². The van der Waals surface area contributed by atoms with E-state index in [-0.39, 0.29) is 5.91 Å². The van der Waals surface area contributed by atoms with Crippen LogP contribution >= 0.6 is 0 Å². The van der Waals surface area contributed by atoms with Crippen molar-refractivity contribution in [2.75, 3.05) is 39.4 Å². The maximum atomic E-state index is 11.1. The molecule has 0 atom stereocenters. The number of nitrogens with one attached hydrogen (secondary N) is 1.